The van der Waals surface area contributed by atoms with E-state index in [2.05, 4.69) is 43.5 Å². The Bertz CT molecular complexity index is 935. The molecule has 0 aliphatic heterocycles. The van der Waals surface area contributed by atoms with Crippen molar-refractivity contribution < 1.29 is 24.5 Å². The van der Waals surface area contributed by atoms with Gasteiger partial charge in [-0.15, -0.1) is 0 Å². The standard InChI is InChI=1S/C54H103NO5/c1-3-5-7-9-11-13-15-17-19-21-22-24-26-30-34-38-42-46-52(57)51(50-56)55-53(58)47-43-39-35-31-28-29-33-37-41-45-49-60-54(59)48-44-40-36-32-27-25-23-20-18-16-14-12-10-8-6-4-2/h20,23,29,33,51-52,56-57H,3-19,21-22,24-28,30-32,34-50H2,1-2H3,(H,55,58)/b23-20-,33-29-. The van der Waals surface area contributed by atoms with Gasteiger partial charge in [0.2, 0.25) is 5.91 Å². The van der Waals surface area contributed by atoms with Gasteiger partial charge < -0.3 is 20.3 Å². The number of nitrogens with one attached hydrogen (secondary N) is 1. The zero-order valence-corrected chi connectivity index (χ0v) is 40.2. The van der Waals surface area contributed by atoms with Gasteiger partial charge in [0.1, 0.15) is 0 Å². The van der Waals surface area contributed by atoms with Gasteiger partial charge in [0.05, 0.1) is 25.4 Å². The number of aliphatic hydroxyl groups excluding tert-OH is 2. The Kier molecular flexibility index (Phi) is 48.6. The van der Waals surface area contributed by atoms with Crippen LogP contribution in [0.3, 0.4) is 0 Å². The van der Waals surface area contributed by atoms with Gasteiger partial charge in [-0.3, -0.25) is 9.59 Å². The van der Waals surface area contributed by atoms with Crippen LogP contribution in [0.1, 0.15) is 284 Å². The molecule has 6 nitrogen and oxygen atoms in total. The molecule has 2 atom stereocenters. The third-order valence-electron chi connectivity index (χ3n) is 12.2. The SMILES string of the molecule is CCCCCCCCC/C=C\CCCCCCCC(=O)OCCCC/C=C\CCCCCCC(=O)NC(CO)C(O)CCCCCCCCCCCCCCCCCCC. The van der Waals surface area contributed by atoms with Gasteiger partial charge in [-0.05, 0) is 77.0 Å². The highest BCUT2D eigenvalue weighted by Gasteiger charge is 2.20. The summed E-state index contributed by atoms with van der Waals surface area (Å²) < 4.78 is 5.43. The lowest BCUT2D eigenvalue weighted by Gasteiger charge is -2.22. The number of rotatable bonds is 49. The third-order valence-corrected chi connectivity index (χ3v) is 12.2. The van der Waals surface area contributed by atoms with Crippen LogP contribution < -0.4 is 5.32 Å². The Morgan fingerprint density at radius 3 is 1.18 bits per heavy atom. The molecule has 0 saturated carbocycles. The van der Waals surface area contributed by atoms with E-state index in [1.165, 1.54) is 173 Å². The van der Waals surface area contributed by atoms with E-state index in [-0.39, 0.29) is 18.5 Å². The van der Waals surface area contributed by atoms with Gasteiger partial charge >= 0.3 is 5.97 Å². The Balaban J connectivity index is 3.53. The first-order valence-corrected chi connectivity index (χ1v) is 26.6. The van der Waals surface area contributed by atoms with Gasteiger partial charge in [-0.25, -0.2) is 0 Å². The lowest BCUT2D eigenvalue weighted by atomic mass is 10.0. The first-order chi connectivity index (χ1) is 29.5. The van der Waals surface area contributed by atoms with Crippen LogP contribution in [0, 0.1) is 0 Å². The summed E-state index contributed by atoms with van der Waals surface area (Å²) in [6, 6.07) is -0.567. The quantitative estimate of drug-likeness (QED) is 0.0322. The normalized spacial score (nSPS) is 12.8. The van der Waals surface area contributed by atoms with Crippen molar-refractivity contribution in [1.82, 2.24) is 5.32 Å². The summed E-state index contributed by atoms with van der Waals surface area (Å²) in [5, 5.41) is 23.2. The van der Waals surface area contributed by atoms with Crippen molar-refractivity contribution in [2.45, 2.75) is 296 Å². The number of unbranched alkanes of at least 4 members (excludes halogenated alkanes) is 34. The van der Waals surface area contributed by atoms with Crippen molar-refractivity contribution in [3.63, 3.8) is 0 Å². The van der Waals surface area contributed by atoms with E-state index >= 15 is 0 Å². The maximum Gasteiger partial charge on any atom is 0.305 e. The highest BCUT2D eigenvalue weighted by molar-refractivity contribution is 5.76. The molecule has 354 valence electrons. The number of hydrogen-bond acceptors (Lipinski definition) is 5. The number of hydrogen-bond donors (Lipinski definition) is 3. The average molecular weight is 846 g/mol. The number of carbonyl (C=O) groups excluding carboxylic acids is 2. The highest BCUT2D eigenvalue weighted by Crippen LogP contribution is 2.16. The van der Waals surface area contributed by atoms with E-state index in [1.54, 1.807) is 0 Å². The molecule has 6 heteroatoms. The van der Waals surface area contributed by atoms with Gasteiger partial charge in [-0.1, -0.05) is 218 Å². The fourth-order valence-corrected chi connectivity index (χ4v) is 8.10. The van der Waals surface area contributed by atoms with E-state index in [0.717, 1.165) is 77.0 Å². The number of allylic oxidation sites excluding steroid dienone is 4. The molecule has 0 saturated heterocycles. The predicted octanol–water partition coefficient (Wildman–Crippen LogP) is 15.9. The summed E-state index contributed by atoms with van der Waals surface area (Å²) in [7, 11) is 0. The second-order valence-electron chi connectivity index (χ2n) is 18.2. The summed E-state index contributed by atoms with van der Waals surface area (Å²) in [4.78, 5) is 24.5. The minimum absolute atomic E-state index is 0.0435. The van der Waals surface area contributed by atoms with Crippen LogP contribution >= 0.6 is 0 Å². The molecule has 0 rings (SSSR count). The molecule has 0 aromatic heterocycles. The fourth-order valence-electron chi connectivity index (χ4n) is 8.10. The summed E-state index contributed by atoms with van der Waals surface area (Å²) in [5.74, 6) is -0.114. The van der Waals surface area contributed by atoms with E-state index < -0.39 is 12.1 Å². The number of carbonyl (C=O) groups is 2. The third kappa shape index (κ3) is 45.9. The van der Waals surface area contributed by atoms with E-state index in [4.69, 9.17) is 4.74 Å². The number of amides is 1. The molecule has 0 aromatic carbocycles. The van der Waals surface area contributed by atoms with Gasteiger partial charge in [-0.2, -0.15) is 0 Å². The number of ether oxygens (including phenoxy) is 1. The van der Waals surface area contributed by atoms with Crippen LogP contribution in [0.15, 0.2) is 24.3 Å². The Morgan fingerprint density at radius 2 is 0.783 bits per heavy atom. The average Bonchev–Trinajstić information content (AvgIpc) is 3.25. The molecule has 60 heavy (non-hydrogen) atoms. The second-order valence-corrected chi connectivity index (χ2v) is 18.2. The van der Waals surface area contributed by atoms with Gasteiger partial charge in [0.25, 0.3) is 0 Å². The van der Waals surface area contributed by atoms with Crippen LogP contribution in [0.25, 0.3) is 0 Å². The van der Waals surface area contributed by atoms with Crippen LogP contribution in [0.2, 0.25) is 0 Å². The Morgan fingerprint density at radius 1 is 0.450 bits per heavy atom. The number of aliphatic hydroxyl groups is 2. The molecule has 0 fully saturated rings. The van der Waals surface area contributed by atoms with Crippen molar-refractivity contribution in [2.75, 3.05) is 13.2 Å². The maximum absolute atomic E-state index is 12.5. The zero-order valence-electron chi connectivity index (χ0n) is 40.2. The van der Waals surface area contributed by atoms with Crippen LogP contribution in [0.4, 0.5) is 0 Å². The fraction of sp³-hybridized carbons (Fsp3) is 0.889. The number of esters is 1. The van der Waals surface area contributed by atoms with Gasteiger partial charge in [0.15, 0.2) is 0 Å². The van der Waals surface area contributed by atoms with E-state index in [1.807, 2.05) is 0 Å². The van der Waals surface area contributed by atoms with E-state index in [9.17, 15) is 19.8 Å². The first-order valence-electron chi connectivity index (χ1n) is 26.6. The molecule has 1 amide bonds. The molecule has 0 bridgehead atoms. The Labute approximate surface area is 373 Å². The van der Waals surface area contributed by atoms with Crippen molar-refractivity contribution in [3.05, 3.63) is 24.3 Å². The molecule has 0 aliphatic rings. The molecule has 0 aromatic rings. The molecular weight excluding hydrogens is 743 g/mol. The highest BCUT2D eigenvalue weighted by atomic mass is 16.5. The molecule has 0 heterocycles. The first kappa shape index (κ1) is 58.3. The largest absolute Gasteiger partial charge is 0.466 e. The van der Waals surface area contributed by atoms with Crippen LogP contribution in [0.5, 0.6) is 0 Å². The predicted molar refractivity (Wildman–Crippen MR) is 260 cm³/mol. The van der Waals surface area contributed by atoms with Crippen LogP contribution in [-0.4, -0.2) is 47.4 Å². The molecule has 2 unspecified atom stereocenters. The van der Waals surface area contributed by atoms with Gasteiger partial charge in [0, 0.05) is 12.8 Å². The zero-order chi connectivity index (χ0) is 43.7. The van der Waals surface area contributed by atoms with Crippen molar-refractivity contribution in [3.8, 4) is 0 Å². The van der Waals surface area contributed by atoms with Crippen molar-refractivity contribution >= 4 is 11.9 Å². The van der Waals surface area contributed by atoms with E-state index in [0.29, 0.717) is 25.9 Å². The summed E-state index contributed by atoms with van der Waals surface area (Å²) in [6.45, 7) is 4.86. The molecule has 0 spiro atoms. The Hall–Kier alpha value is -1.66. The maximum atomic E-state index is 12.5. The molecule has 3 N–H and O–H groups in total. The molecule has 0 radical (unpaired) electrons. The lowest BCUT2D eigenvalue weighted by molar-refractivity contribution is -0.143. The smallest absolute Gasteiger partial charge is 0.305 e. The minimum atomic E-state index is -0.686. The topological polar surface area (TPSA) is 95.9 Å². The monoisotopic (exact) mass is 846 g/mol. The second kappa shape index (κ2) is 50.0. The molecular formula is C54H103NO5. The van der Waals surface area contributed by atoms with Crippen LogP contribution in [-0.2, 0) is 14.3 Å². The summed E-state index contributed by atoms with van der Waals surface area (Å²) in [5.41, 5.74) is 0. The van der Waals surface area contributed by atoms with Crippen molar-refractivity contribution in [2.24, 2.45) is 0 Å². The summed E-state index contributed by atoms with van der Waals surface area (Å²) >= 11 is 0. The minimum Gasteiger partial charge on any atom is -0.466 e. The molecule has 0 aliphatic carbocycles. The van der Waals surface area contributed by atoms with Crippen molar-refractivity contribution in [1.29, 1.82) is 0 Å². The summed E-state index contributed by atoms with van der Waals surface area (Å²) in [6.07, 6.45) is 58.7. The lowest BCUT2D eigenvalue weighted by Crippen LogP contribution is -2.45.